The number of fused-ring (bicyclic) bond motifs is 1. The summed E-state index contributed by atoms with van der Waals surface area (Å²) in [6, 6.07) is 4.19. The Morgan fingerprint density at radius 2 is 1.58 bits per heavy atom. The van der Waals surface area contributed by atoms with Crippen LogP contribution in [0.1, 0.15) is 40.6 Å². The summed E-state index contributed by atoms with van der Waals surface area (Å²) in [5.41, 5.74) is -5.29. The molecule has 0 spiro atoms. The molecule has 1 aromatic heterocycles. The van der Waals surface area contributed by atoms with Gasteiger partial charge in [0.15, 0.2) is 0 Å². The lowest BCUT2D eigenvalue weighted by Gasteiger charge is -2.23. The van der Waals surface area contributed by atoms with Crippen LogP contribution in [0.2, 0.25) is 0 Å². The summed E-state index contributed by atoms with van der Waals surface area (Å²) in [7, 11) is 0. The second-order valence-corrected chi connectivity index (χ2v) is 8.08. The Kier molecular flexibility index (Phi) is 5.93. The van der Waals surface area contributed by atoms with Gasteiger partial charge in [-0.05, 0) is 49.2 Å². The first-order chi connectivity index (χ1) is 16.6. The van der Waals surface area contributed by atoms with E-state index in [1.165, 1.54) is 17.0 Å². The highest BCUT2D eigenvalue weighted by Gasteiger charge is 2.42. The molecule has 0 aliphatic carbocycles. The number of halogens is 9. The smallest absolute Gasteiger partial charge is 0.359 e. The predicted molar refractivity (Wildman–Crippen MR) is 105 cm³/mol. The molecular formula is C22H13F9N4O. The van der Waals surface area contributed by atoms with E-state index in [1.54, 1.807) is 6.92 Å². The van der Waals surface area contributed by atoms with E-state index in [9.17, 15) is 39.5 Å². The monoisotopic (exact) mass is 520 g/mol. The minimum atomic E-state index is -5.07. The molecule has 3 aromatic rings. The average molecular weight is 520 g/mol. The molecule has 5 nitrogen and oxygen atoms in total. The summed E-state index contributed by atoms with van der Waals surface area (Å²) in [6.07, 6.45) is -15.0. The molecule has 2 heterocycles. The van der Waals surface area contributed by atoms with Crippen LogP contribution < -0.4 is 4.90 Å². The van der Waals surface area contributed by atoms with Gasteiger partial charge in [0.05, 0.1) is 34.9 Å². The topological polar surface area (TPSA) is 66.0 Å². The van der Waals surface area contributed by atoms with Crippen LogP contribution >= 0.6 is 0 Å². The van der Waals surface area contributed by atoms with E-state index >= 15 is 0 Å². The molecule has 0 saturated heterocycles. The standard InChI is InChI=1S/C22H13F9N4O/c1-10-4-15-16(3-2-11(8-32)18(15)22(29,30)31)35(10)9-17-33-19(34-36-17)12-5-13(20(23,24)25)7-14(6-12)21(26,27)28/h2-3,5-7,10H,4,9H2,1H3. The lowest BCUT2D eigenvalue weighted by atomic mass is 9.98. The molecule has 0 N–H and O–H groups in total. The Morgan fingerprint density at radius 1 is 0.972 bits per heavy atom. The SMILES string of the molecule is CC1Cc2c(ccc(C#N)c2C(F)(F)F)N1Cc1nc(-c2cc(C(F)(F)F)cc(C(F)(F)F)c2)no1. The predicted octanol–water partition coefficient (Wildman–Crippen LogP) is 6.62. The highest BCUT2D eigenvalue weighted by atomic mass is 19.4. The maximum atomic E-state index is 13.6. The number of rotatable bonds is 3. The van der Waals surface area contributed by atoms with Gasteiger partial charge < -0.3 is 9.42 Å². The van der Waals surface area contributed by atoms with Gasteiger partial charge in [-0.2, -0.15) is 49.8 Å². The molecule has 14 heteroatoms. The van der Waals surface area contributed by atoms with Crippen LogP contribution in [0.15, 0.2) is 34.9 Å². The fourth-order valence-electron chi connectivity index (χ4n) is 4.08. The molecular weight excluding hydrogens is 507 g/mol. The molecule has 0 saturated carbocycles. The van der Waals surface area contributed by atoms with E-state index in [0.717, 1.165) is 6.07 Å². The van der Waals surface area contributed by atoms with E-state index in [0.29, 0.717) is 12.1 Å². The van der Waals surface area contributed by atoms with E-state index in [4.69, 9.17) is 9.78 Å². The normalized spacial score (nSPS) is 16.2. The highest BCUT2D eigenvalue weighted by molar-refractivity contribution is 5.66. The van der Waals surface area contributed by atoms with E-state index < -0.39 is 58.2 Å². The van der Waals surface area contributed by atoms with Gasteiger partial charge in [0.1, 0.15) is 0 Å². The summed E-state index contributed by atoms with van der Waals surface area (Å²) in [5, 5.41) is 12.6. The maximum Gasteiger partial charge on any atom is 0.418 e. The lowest BCUT2D eigenvalue weighted by Crippen LogP contribution is -2.28. The van der Waals surface area contributed by atoms with Crippen molar-refractivity contribution in [1.82, 2.24) is 10.1 Å². The van der Waals surface area contributed by atoms with Crippen molar-refractivity contribution in [2.45, 2.75) is 44.5 Å². The van der Waals surface area contributed by atoms with Gasteiger partial charge in [-0.3, -0.25) is 0 Å². The Hall–Kier alpha value is -3.76. The number of hydrogen-bond donors (Lipinski definition) is 0. The minimum absolute atomic E-state index is 0.0406. The summed E-state index contributed by atoms with van der Waals surface area (Å²) in [5.74, 6) is -0.793. The maximum absolute atomic E-state index is 13.6. The van der Waals surface area contributed by atoms with Gasteiger partial charge in [-0.15, -0.1) is 0 Å². The number of hydrogen-bond acceptors (Lipinski definition) is 5. The second kappa shape index (κ2) is 8.42. The number of anilines is 1. The third kappa shape index (κ3) is 4.69. The van der Waals surface area contributed by atoms with Crippen molar-refractivity contribution in [2.75, 3.05) is 4.90 Å². The van der Waals surface area contributed by atoms with Crippen molar-refractivity contribution in [3.63, 3.8) is 0 Å². The Balaban J connectivity index is 1.69. The number of aromatic nitrogens is 2. The first-order valence-electron chi connectivity index (χ1n) is 10.1. The molecule has 1 atom stereocenters. The summed E-state index contributed by atoms with van der Waals surface area (Å²) < 4.78 is 125. The fraction of sp³-hybridized carbons (Fsp3) is 0.318. The molecule has 0 amide bonds. The van der Waals surface area contributed by atoms with Crippen LogP contribution in [0.4, 0.5) is 45.2 Å². The average Bonchev–Trinajstić information content (AvgIpc) is 3.35. The summed E-state index contributed by atoms with van der Waals surface area (Å²) >= 11 is 0. The number of nitriles is 1. The Morgan fingerprint density at radius 3 is 2.11 bits per heavy atom. The van der Waals surface area contributed by atoms with Crippen LogP contribution in [0.25, 0.3) is 11.4 Å². The van der Waals surface area contributed by atoms with Crippen LogP contribution in [0, 0.1) is 11.3 Å². The molecule has 36 heavy (non-hydrogen) atoms. The minimum Gasteiger partial charge on any atom is -0.359 e. The quantitative estimate of drug-likeness (QED) is 0.364. The largest absolute Gasteiger partial charge is 0.418 e. The molecule has 190 valence electrons. The summed E-state index contributed by atoms with van der Waals surface area (Å²) in [4.78, 5) is 5.34. The fourth-order valence-corrected chi connectivity index (χ4v) is 4.08. The molecule has 0 bridgehead atoms. The molecule has 2 aromatic carbocycles. The zero-order valence-electron chi connectivity index (χ0n) is 18.0. The van der Waals surface area contributed by atoms with E-state index in [-0.39, 0.29) is 36.2 Å². The third-order valence-electron chi connectivity index (χ3n) is 5.65. The highest BCUT2D eigenvalue weighted by Crippen LogP contribution is 2.44. The van der Waals surface area contributed by atoms with Gasteiger partial charge in [0.2, 0.25) is 11.7 Å². The van der Waals surface area contributed by atoms with E-state index in [1.807, 2.05) is 0 Å². The van der Waals surface area contributed by atoms with Gasteiger partial charge in [-0.1, -0.05) is 5.16 Å². The molecule has 1 aliphatic rings. The summed E-state index contributed by atoms with van der Waals surface area (Å²) in [6.45, 7) is 1.33. The van der Waals surface area contributed by atoms with Crippen molar-refractivity contribution in [3.8, 4) is 17.5 Å². The zero-order valence-corrected chi connectivity index (χ0v) is 18.0. The van der Waals surface area contributed by atoms with Crippen LogP contribution in [-0.2, 0) is 31.5 Å². The number of nitrogens with zero attached hydrogens (tertiary/aromatic N) is 4. The second-order valence-electron chi connectivity index (χ2n) is 8.08. The van der Waals surface area contributed by atoms with Crippen LogP contribution in [0.3, 0.4) is 0 Å². The number of benzene rings is 2. The molecule has 0 fully saturated rings. The first-order valence-corrected chi connectivity index (χ1v) is 10.1. The van der Waals surface area contributed by atoms with Crippen LogP contribution in [-0.4, -0.2) is 16.2 Å². The molecule has 0 radical (unpaired) electrons. The molecule has 4 rings (SSSR count). The van der Waals surface area contributed by atoms with Gasteiger partial charge in [0.25, 0.3) is 0 Å². The zero-order chi connectivity index (χ0) is 26.6. The van der Waals surface area contributed by atoms with Crippen molar-refractivity contribution in [1.29, 1.82) is 5.26 Å². The lowest BCUT2D eigenvalue weighted by molar-refractivity contribution is -0.143. The van der Waals surface area contributed by atoms with Crippen molar-refractivity contribution in [2.24, 2.45) is 0 Å². The molecule has 1 aliphatic heterocycles. The Labute approximate surface area is 196 Å². The molecule has 1 unspecified atom stereocenters. The Bertz CT molecular complexity index is 1320. The third-order valence-corrected chi connectivity index (χ3v) is 5.65. The van der Waals surface area contributed by atoms with Gasteiger partial charge in [-0.25, -0.2) is 0 Å². The van der Waals surface area contributed by atoms with Gasteiger partial charge in [0, 0.05) is 17.3 Å². The number of alkyl halides is 9. The van der Waals surface area contributed by atoms with Crippen LogP contribution in [0.5, 0.6) is 0 Å². The van der Waals surface area contributed by atoms with Crippen molar-refractivity contribution < 1.29 is 44.0 Å². The van der Waals surface area contributed by atoms with E-state index in [2.05, 4.69) is 10.1 Å². The van der Waals surface area contributed by atoms with Crippen molar-refractivity contribution >= 4 is 5.69 Å². The van der Waals surface area contributed by atoms with Crippen molar-refractivity contribution in [3.05, 3.63) is 64.0 Å². The first kappa shape index (κ1) is 25.3. The van der Waals surface area contributed by atoms with Gasteiger partial charge >= 0.3 is 18.5 Å².